The van der Waals surface area contributed by atoms with Crippen LogP contribution >= 0.6 is 0 Å². The molecule has 0 unspecified atom stereocenters. The van der Waals surface area contributed by atoms with Crippen LogP contribution in [0, 0.1) is 0 Å². The Kier molecular flexibility index (Phi) is 5.85. The summed E-state index contributed by atoms with van der Waals surface area (Å²) in [4.78, 5) is 38.2. The van der Waals surface area contributed by atoms with E-state index in [0.29, 0.717) is 50.9 Å². The monoisotopic (exact) mass is 396 g/mol. The highest BCUT2D eigenvalue weighted by molar-refractivity contribution is 6.05. The Balaban J connectivity index is 1.42. The zero-order valence-corrected chi connectivity index (χ0v) is 16.2. The van der Waals surface area contributed by atoms with Crippen LogP contribution < -0.4 is 15.1 Å². The third-order valence-corrected chi connectivity index (χ3v) is 5.15. The van der Waals surface area contributed by atoms with Crippen LogP contribution in [0.5, 0.6) is 0 Å². The second-order valence-electron chi connectivity index (χ2n) is 6.97. The van der Waals surface area contributed by atoms with E-state index in [9.17, 15) is 9.59 Å². The fourth-order valence-electron chi connectivity index (χ4n) is 3.48. The quantitative estimate of drug-likeness (QED) is 0.749. The number of morpholine rings is 1. The van der Waals surface area contributed by atoms with Gasteiger partial charge < -0.3 is 24.8 Å². The van der Waals surface area contributed by atoms with Gasteiger partial charge in [-0.2, -0.15) is 0 Å². The molecule has 1 aromatic heterocycles. The van der Waals surface area contributed by atoms with Crippen molar-refractivity contribution in [3.05, 3.63) is 42.2 Å². The van der Waals surface area contributed by atoms with E-state index in [1.165, 1.54) is 0 Å². The number of hydrogen-bond acceptors (Lipinski definition) is 7. The lowest BCUT2D eigenvalue weighted by Crippen LogP contribution is -2.46. The average molecular weight is 396 g/mol. The highest BCUT2D eigenvalue weighted by atomic mass is 16.5. The Morgan fingerprint density at radius 2 is 1.66 bits per heavy atom. The van der Waals surface area contributed by atoms with E-state index >= 15 is 0 Å². The molecule has 0 spiro atoms. The first-order valence-corrected chi connectivity index (χ1v) is 9.74. The third-order valence-electron chi connectivity index (χ3n) is 5.15. The average Bonchev–Trinajstić information content (AvgIpc) is 2.80. The van der Waals surface area contributed by atoms with Gasteiger partial charge in [0.05, 0.1) is 30.2 Å². The van der Waals surface area contributed by atoms with E-state index in [-0.39, 0.29) is 5.91 Å². The Hall–Kier alpha value is -3.20. The molecule has 0 atom stereocenters. The summed E-state index contributed by atoms with van der Waals surface area (Å²) in [5, 5.41) is 2.98. The number of amides is 2. The van der Waals surface area contributed by atoms with Crippen molar-refractivity contribution in [3.8, 4) is 0 Å². The smallest absolute Gasteiger partial charge is 0.258 e. The van der Waals surface area contributed by atoms with Crippen molar-refractivity contribution in [3.63, 3.8) is 0 Å². The predicted octanol–water partition coefficient (Wildman–Crippen LogP) is 0.844. The van der Waals surface area contributed by atoms with Crippen molar-refractivity contribution in [1.29, 1.82) is 0 Å². The summed E-state index contributed by atoms with van der Waals surface area (Å²) in [5.74, 6) is 0.323. The summed E-state index contributed by atoms with van der Waals surface area (Å²) < 4.78 is 5.42. The topological polar surface area (TPSA) is 90.9 Å². The molecule has 0 radical (unpaired) electrons. The van der Waals surface area contributed by atoms with Gasteiger partial charge in [-0.05, 0) is 12.1 Å². The van der Waals surface area contributed by atoms with Crippen molar-refractivity contribution in [2.24, 2.45) is 0 Å². The Bertz CT molecular complexity index is 846. The third kappa shape index (κ3) is 4.45. The van der Waals surface area contributed by atoms with Gasteiger partial charge in [0.2, 0.25) is 12.4 Å². The SMILES string of the molecule is O=CN1CCN(c2ncc(C(=O)Nc3ccccc3N3CCOCC3)cn2)CC1. The summed E-state index contributed by atoms with van der Waals surface area (Å²) in [6.45, 7) is 5.59. The molecular weight excluding hydrogens is 372 g/mol. The Labute approximate surface area is 169 Å². The van der Waals surface area contributed by atoms with Crippen molar-refractivity contribution in [2.75, 3.05) is 67.6 Å². The minimum atomic E-state index is -0.247. The van der Waals surface area contributed by atoms with Crippen LogP contribution in [0.4, 0.5) is 17.3 Å². The largest absolute Gasteiger partial charge is 0.378 e. The highest BCUT2D eigenvalue weighted by Gasteiger charge is 2.19. The van der Waals surface area contributed by atoms with Gasteiger partial charge >= 0.3 is 0 Å². The Morgan fingerprint density at radius 1 is 0.966 bits per heavy atom. The van der Waals surface area contributed by atoms with Crippen LogP contribution in [0.25, 0.3) is 0 Å². The van der Waals surface area contributed by atoms with Crippen LogP contribution in [-0.4, -0.2) is 79.7 Å². The fourth-order valence-corrected chi connectivity index (χ4v) is 3.48. The standard InChI is InChI=1S/C20H24N6O3/c27-15-24-5-7-26(8-6-24)20-21-13-16(14-22-20)19(28)23-17-3-1-2-4-18(17)25-9-11-29-12-10-25/h1-4,13-15H,5-12H2,(H,23,28). The van der Waals surface area contributed by atoms with Gasteiger partial charge in [-0.1, -0.05) is 12.1 Å². The summed E-state index contributed by atoms with van der Waals surface area (Å²) in [6, 6.07) is 7.75. The van der Waals surface area contributed by atoms with E-state index in [0.717, 1.165) is 30.9 Å². The molecule has 2 aliphatic heterocycles. The number of para-hydroxylation sites is 2. The van der Waals surface area contributed by atoms with Crippen molar-refractivity contribution in [2.45, 2.75) is 0 Å². The Morgan fingerprint density at radius 3 is 2.34 bits per heavy atom. The maximum absolute atomic E-state index is 12.7. The van der Waals surface area contributed by atoms with E-state index < -0.39 is 0 Å². The van der Waals surface area contributed by atoms with Gasteiger partial charge in [-0.15, -0.1) is 0 Å². The molecule has 9 heteroatoms. The number of benzene rings is 1. The molecule has 1 aromatic carbocycles. The number of carbonyl (C=O) groups is 2. The normalized spacial score (nSPS) is 17.2. The molecule has 2 aliphatic rings. The van der Waals surface area contributed by atoms with E-state index in [2.05, 4.69) is 20.2 Å². The van der Waals surface area contributed by atoms with E-state index in [1.54, 1.807) is 17.3 Å². The first kappa shape index (κ1) is 19.1. The number of anilines is 3. The van der Waals surface area contributed by atoms with Crippen molar-refractivity contribution >= 4 is 29.6 Å². The first-order chi connectivity index (χ1) is 14.2. The van der Waals surface area contributed by atoms with Crippen molar-refractivity contribution < 1.29 is 14.3 Å². The first-order valence-electron chi connectivity index (χ1n) is 9.74. The second kappa shape index (κ2) is 8.87. The predicted molar refractivity (Wildman–Crippen MR) is 109 cm³/mol. The lowest BCUT2D eigenvalue weighted by Gasteiger charge is -2.32. The van der Waals surface area contributed by atoms with E-state index in [1.807, 2.05) is 29.2 Å². The molecule has 2 aromatic rings. The van der Waals surface area contributed by atoms with Gasteiger partial charge in [-0.3, -0.25) is 9.59 Å². The zero-order chi connectivity index (χ0) is 20.1. The molecule has 2 amide bonds. The summed E-state index contributed by atoms with van der Waals surface area (Å²) in [5.41, 5.74) is 2.14. The van der Waals surface area contributed by atoms with Gasteiger partial charge in [0, 0.05) is 51.7 Å². The minimum Gasteiger partial charge on any atom is -0.378 e. The zero-order valence-electron chi connectivity index (χ0n) is 16.2. The lowest BCUT2D eigenvalue weighted by atomic mass is 10.2. The highest BCUT2D eigenvalue weighted by Crippen LogP contribution is 2.26. The molecule has 3 heterocycles. The number of carbonyl (C=O) groups excluding carboxylic acids is 2. The number of aromatic nitrogens is 2. The number of piperazine rings is 1. The molecule has 152 valence electrons. The van der Waals surface area contributed by atoms with Crippen molar-refractivity contribution in [1.82, 2.24) is 14.9 Å². The van der Waals surface area contributed by atoms with Crippen LogP contribution in [0.2, 0.25) is 0 Å². The molecule has 2 fully saturated rings. The number of hydrogen-bond donors (Lipinski definition) is 1. The number of rotatable bonds is 5. The van der Waals surface area contributed by atoms with Crippen LogP contribution in [0.15, 0.2) is 36.7 Å². The molecule has 0 aliphatic carbocycles. The minimum absolute atomic E-state index is 0.247. The lowest BCUT2D eigenvalue weighted by molar-refractivity contribution is -0.118. The molecule has 29 heavy (non-hydrogen) atoms. The van der Waals surface area contributed by atoms with Gasteiger partial charge in [0.1, 0.15) is 0 Å². The summed E-state index contributed by atoms with van der Waals surface area (Å²) >= 11 is 0. The van der Waals surface area contributed by atoms with E-state index in [4.69, 9.17) is 4.74 Å². The van der Waals surface area contributed by atoms with Crippen LogP contribution in [0.1, 0.15) is 10.4 Å². The fraction of sp³-hybridized carbons (Fsp3) is 0.400. The number of ether oxygens (including phenoxy) is 1. The number of nitrogens with zero attached hydrogens (tertiary/aromatic N) is 5. The van der Waals surface area contributed by atoms with Gasteiger partial charge in [0.25, 0.3) is 5.91 Å². The molecule has 0 bridgehead atoms. The molecular formula is C20H24N6O3. The molecule has 0 saturated carbocycles. The van der Waals surface area contributed by atoms with Crippen LogP contribution in [0.3, 0.4) is 0 Å². The number of nitrogens with one attached hydrogen (secondary N) is 1. The maximum Gasteiger partial charge on any atom is 0.258 e. The second-order valence-corrected chi connectivity index (χ2v) is 6.97. The van der Waals surface area contributed by atoms with Gasteiger partial charge in [0.15, 0.2) is 0 Å². The molecule has 4 rings (SSSR count). The summed E-state index contributed by atoms with van der Waals surface area (Å²) in [6.07, 6.45) is 3.95. The maximum atomic E-state index is 12.7. The molecule has 1 N–H and O–H groups in total. The molecule has 2 saturated heterocycles. The molecule has 9 nitrogen and oxygen atoms in total. The van der Waals surface area contributed by atoms with Gasteiger partial charge in [-0.25, -0.2) is 9.97 Å². The summed E-state index contributed by atoms with van der Waals surface area (Å²) in [7, 11) is 0. The van der Waals surface area contributed by atoms with Crippen LogP contribution in [-0.2, 0) is 9.53 Å².